The summed E-state index contributed by atoms with van der Waals surface area (Å²) < 4.78 is 0. The number of likely N-dealkylation sites (tertiary alicyclic amines) is 1. The molecular weight excluding hydrogens is 392 g/mol. The molecule has 0 aromatic heterocycles. The predicted octanol–water partition coefficient (Wildman–Crippen LogP) is 3.31. The van der Waals surface area contributed by atoms with Crippen molar-refractivity contribution < 1.29 is 19.5 Å². The van der Waals surface area contributed by atoms with E-state index in [1.54, 1.807) is 0 Å². The average molecular weight is 421 g/mol. The molecule has 2 aromatic rings. The lowest BCUT2D eigenvalue weighted by Gasteiger charge is -2.32. The normalized spacial score (nSPS) is 27.7. The Kier molecular flexibility index (Phi) is 5.43. The maximum atomic E-state index is 13.5. The molecular formula is C25H28N2O4. The van der Waals surface area contributed by atoms with Crippen LogP contribution in [0, 0.1) is 24.7 Å². The second kappa shape index (κ2) is 7.93. The summed E-state index contributed by atoms with van der Waals surface area (Å²) in [4.78, 5) is 41.0. The predicted molar refractivity (Wildman–Crippen MR) is 116 cm³/mol. The van der Waals surface area contributed by atoms with E-state index < -0.39 is 35.3 Å². The smallest absolute Gasteiger partial charge is 0.324 e. The van der Waals surface area contributed by atoms with Crippen molar-refractivity contribution in [2.75, 3.05) is 0 Å². The number of benzene rings is 2. The van der Waals surface area contributed by atoms with Crippen LogP contribution in [-0.4, -0.2) is 33.3 Å². The lowest BCUT2D eigenvalue weighted by atomic mass is 9.75. The Morgan fingerprint density at radius 1 is 1.10 bits per heavy atom. The largest absolute Gasteiger partial charge is 0.480 e. The number of amides is 2. The van der Waals surface area contributed by atoms with E-state index in [0.29, 0.717) is 0 Å². The number of nitrogens with one attached hydrogen (secondary N) is 1. The molecule has 162 valence electrons. The Balaban J connectivity index is 1.80. The standard InChI is InChI=1S/C25H28N2O4/c1-15(2)13-25(24(30)31)20-19(21(26-25)18-11-7-8-16(3)12-18)22(28)27(23(20)29)14-17-9-5-4-6-10-17/h4-12,15,19-21,26H,13-14H2,1-3H3,(H,30,31). The van der Waals surface area contributed by atoms with Gasteiger partial charge in [0, 0.05) is 6.04 Å². The van der Waals surface area contributed by atoms with Crippen LogP contribution in [0.1, 0.15) is 43.0 Å². The number of aliphatic carboxylic acids is 1. The first-order valence-electron chi connectivity index (χ1n) is 10.7. The molecule has 2 N–H and O–H groups in total. The quantitative estimate of drug-likeness (QED) is 0.700. The molecule has 0 bridgehead atoms. The molecule has 2 aromatic carbocycles. The minimum Gasteiger partial charge on any atom is -0.480 e. The number of hydrogen-bond donors (Lipinski definition) is 2. The Labute approximate surface area is 182 Å². The molecule has 4 rings (SSSR count). The topological polar surface area (TPSA) is 86.7 Å². The van der Waals surface area contributed by atoms with Gasteiger partial charge in [-0.3, -0.25) is 24.6 Å². The lowest BCUT2D eigenvalue weighted by molar-refractivity contribution is -0.152. The average Bonchev–Trinajstić information content (AvgIpc) is 3.18. The van der Waals surface area contributed by atoms with Crippen LogP contribution in [0.2, 0.25) is 0 Å². The van der Waals surface area contributed by atoms with Crippen LogP contribution in [-0.2, 0) is 20.9 Å². The fourth-order valence-corrected chi connectivity index (χ4v) is 5.25. The number of carbonyl (C=O) groups excluding carboxylic acids is 2. The van der Waals surface area contributed by atoms with Crippen LogP contribution in [0.3, 0.4) is 0 Å². The molecule has 31 heavy (non-hydrogen) atoms. The third-order valence-electron chi connectivity index (χ3n) is 6.44. The zero-order chi connectivity index (χ0) is 22.3. The molecule has 0 saturated carbocycles. The number of aryl methyl sites for hydroxylation is 1. The van der Waals surface area contributed by atoms with Crippen molar-refractivity contribution in [2.45, 2.75) is 45.3 Å². The summed E-state index contributed by atoms with van der Waals surface area (Å²) >= 11 is 0. The number of rotatable bonds is 6. The van der Waals surface area contributed by atoms with Crippen LogP contribution in [0.5, 0.6) is 0 Å². The highest BCUT2D eigenvalue weighted by atomic mass is 16.4. The summed E-state index contributed by atoms with van der Waals surface area (Å²) in [5, 5.41) is 13.6. The molecule has 2 aliphatic heterocycles. The molecule has 0 radical (unpaired) electrons. The molecule has 6 heteroatoms. The monoisotopic (exact) mass is 420 g/mol. The number of imide groups is 1. The molecule has 4 unspecified atom stereocenters. The molecule has 2 aliphatic rings. The Hall–Kier alpha value is -2.99. The molecule has 2 heterocycles. The molecule has 0 aliphatic carbocycles. The summed E-state index contributed by atoms with van der Waals surface area (Å²) in [7, 11) is 0. The fourth-order valence-electron chi connectivity index (χ4n) is 5.25. The minimum atomic E-state index is -1.48. The Morgan fingerprint density at radius 2 is 1.81 bits per heavy atom. The fraction of sp³-hybridized carbons (Fsp3) is 0.400. The van der Waals surface area contributed by atoms with E-state index in [4.69, 9.17) is 0 Å². The van der Waals surface area contributed by atoms with Gasteiger partial charge in [-0.25, -0.2) is 0 Å². The highest BCUT2D eigenvalue weighted by Gasteiger charge is 2.68. The van der Waals surface area contributed by atoms with Gasteiger partial charge in [0.25, 0.3) is 0 Å². The first-order chi connectivity index (χ1) is 14.7. The highest BCUT2D eigenvalue weighted by molar-refractivity contribution is 6.09. The number of nitrogens with zero attached hydrogens (tertiary/aromatic N) is 1. The summed E-state index contributed by atoms with van der Waals surface area (Å²) in [6.45, 7) is 5.98. The second-order valence-corrected chi connectivity index (χ2v) is 9.16. The maximum absolute atomic E-state index is 13.5. The van der Waals surface area contributed by atoms with Gasteiger partial charge >= 0.3 is 5.97 Å². The van der Waals surface area contributed by atoms with E-state index in [1.165, 1.54) is 4.90 Å². The van der Waals surface area contributed by atoms with E-state index >= 15 is 0 Å². The lowest BCUT2D eigenvalue weighted by Crippen LogP contribution is -2.56. The van der Waals surface area contributed by atoms with Crippen molar-refractivity contribution in [3.05, 3.63) is 71.3 Å². The van der Waals surface area contributed by atoms with Gasteiger partial charge in [0.15, 0.2) is 0 Å². The van der Waals surface area contributed by atoms with Gasteiger partial charge in [0.2, 0.25) is 11.8 Å². The summed E-state index contributed by atoms with van der Waals surface area (Å²) in [5.41, 5.74) is 1.22. The summed E-state index contributed by atoms with van der Waals surface area (Å²) in [6, 6.07) is 16.5. The molecule has 2 fully saturated rings. The first-order valence-corrected chi connectivity index (χ1v) is 10.7. The van der Waals surface area contributed by atoms with E-state index in [2.05, 4.69) is 5.32 Å². The maximum Gasteiger partial charge on any atom is 0.324 e. The highest BCUT2D eigenvalue weighted by Crippen LogP contribution is 2.51. The molecule has 2 saturated heterocycles. The van der Waals surface area contributed by atoms with Gasteiger partial charge in [-0.15, -0.1) is 0 Å². The van der Waals surface area contributed by atoms with Crippen molar-refractivity contribution in [3.63, 3.8) is 0 Å². The number of carboxylic acids is 1. The van der Waals surface area contributed by atoms with E-state index in [9.17, 15) is 19.5 Å². The zero-order valence-corrected chi connectivity index (χ0v) is 18.0. The van der Waals surface area contributed by atoms with E-state index in [1.807, 2.05) is 75.4 Å². The van der Waals surface area contributed by atoms with Gasteiger partial charge in [-0.05, 0) is 30.4 Å². The van der Waals surface area contributed by atoms with Crippen molar-refractivity contribution in [1.29, 1.82) is 0 Å². The number of hydrogen-bond acceptors (Lipinski definition) is 4. The molecule has 2 amide bonds. The Bertz CT molecular complexity index is 1020. The van der Waals surface area contributed by atoms with Crippen LogP contribution >= 0.6 is 0 Å². The third kappa shape index (κ3) is 3.55. The van der Waals surface area contributed by atoms with Crippen LogP contribution in [0.25, 0.3) is 0 Å². The molecule has 0 spiro atoms. The van der Waals surface area contributed by atoms with E-state index in [0.717, 1.165) is 16.7 Å². The van der Waals surface area contributed by atoms with Gasteiger partial charge in [0.1, 0.15) is 5.54 Å². The van der Waals surface area contributed by atoms with Crippen molar-refractivity contribution in [1.82, 2.24) is 10.2 Å². The molecule has 4 atom stereocenters. The summed E-state index contributed by atoms with van der Waals surface area (Å²) in [5.74, 6) is -3.42. The number of fused-ring (bicyclic) bond motifs is 1. The Morgan fingerprint density at radius 3 is 2.42 bits per heavy atom. The third-order valence-corrected chi connectivity index (χ3v) is 6.44. The van der Waals surface area contributed by atoms with E-state index in [-0.39, 0.29) is 24.8 Å². The van der Waals surface area contributed by atoms with Crippen LogP contribution in [0.15, 0.2) is 54.6 Å². The van der Waals surface area contributed by atoms with Crippen molar-refractivity contribution >= 4 is 17.8 Å². The van der Waals surface area contributed by atoms with Crippen LogP contribution in [0.4, 0.5) is 0 Å². The molecule has 6 nitrogen and oxygen atoms in total. The second-order valence-electron chi connectivity index (χ2n) is 9.16. The van der Waals surface area contributed by atoms with Gasteiger partial charge in [-0.2, -0.15) is 0 Å². The van der Waals surface area contributed by atoms with Gasteiger partial charge in [0.05, 0.1) is 18.4 Å². The number of carboxylic acid groups (broad SMARTS) is 1. The van der Waals surface area contributed by atoms with Gasteiger partial charge < -0.3 is 5.11 Å². The zero-order valence-electron chi connectivity index (χ0n) is 18.0. The van der Waals surface area contributed by atoms with Gasteiger partial charge in [-0.1, -0.05) is 74.0 Å². The minimum absolute atomic E-state index is 0.0339. The van der Waals surface area contributed by atoms with Crippen molar-refractivity contribution in [3.8, 4) is 0 Å². The number of carbonyl (C=O) groups is 3. The SMILES string of the molecule is Cc1cccc(C2NC(CC(C)C)(C(=O)O)C3C(=O)N(Cc4ccccc4)C(=O)C23)c1. The first kappa shape index (κ1) is 21.2. The van der Waals surface area contributed by atoms with Crippen molar-refractivity contribution in [2.24, 2.45) is 17.8 Å². The summed E-state index contributed by atoms with van der Waals surface area (Å²) in [6.07, 6.45) is 0.268. The van der Waals surface area contributed by atoms with Crippen LogP contribution < -0.4 is 5.32 Å².